The molecule has 0 aromatic carbocycles. The Kier molecular flexibility index (Phi) is 10.3. The summed E-state index contributed by atoms with van der Waals surface area (Å²) in [6.45, 7) is 13.0. The van der Waals surface area contributed by atoms with Crippen molar-refractivity contribution in [3.05, 3.63) is 12.2 Å². The molecule has 37 heavy (non-hydrogen) atoms. The van der Waals surface area contributed by atoms with Gasteiger partial charge in [-0.05, 0) is 67.6 Å². The lowest BCUT2D eigenvalue weighted by Gasteiger charge is -2.39. The van der Waals surface area contributed by atoms with Crippen LogP contribution in [-0.4, -0.2) is 44.9 Å². The highest BCUT2D eigenvalue weighted by Crippen LogP contribution is 2.39. The molecular weight excluding hydrogens is 492 g/mol. The van der Waals surface area contributed by atoms with E-state index in [-0.39, 0.29) is 30.5 Å². The first-order chi connectivity index (χ1) is 17.2. The monoisotopic (exact) mass is 540 g/mol. The van der Waals surface area contributed by atoms with E-state index in [2.05, 4.69) is 41.5 Å². The third-order valence-electron chi connectivity index (χ3n) is 8.78. The molecule has 8 heteroatoms. The van der Waals surface area contributed by atoms with Gasteiger partial charge in [0, 0.05) is 0 Å². The van der Waals surface area contributed by atoms with Crippen molar-refractivity contribution in [2.75, 3.05) is 6.26 Å². The Morgan fingerprint density at radius 2 is 1.24 bits per heavy atom. The summed E-state index contributed by atoms with van der Waals surface area (Å²) in [5.74, 6) is -0.316. The number of hydrogen-bond donors (Lipinski definition) is 0. The van der Waals surface area contributed by atoms with Gasteiger partial charge in [-0.1, -0.05) is 66.5 Å². The molecule has 0 spiro atoms. The van der Waals surface area contributed by atoms with Crippen molar-refractivity contribution in [1.82, 2.24) is 0 Å². The molecule has 9 atom stereocenters. The molecule has 2 saturated carbocycles. The maximum absolute atomic E-state index is 13.6. The van der Waals surface area contributed by atoms with Crippen molar-refractivity contribution in [3.63, 3.8) is 0 Å². The number of hydrogen-bond acceptors (Lipinski definition) is 7. The summed E-state index contributed by atoms with van der Waals surface area (Å²) >= 11 is 0. The van der Waals surface area contributed by atoms with E-state index < -0.39 is 40.0 Å². The molecule has 0 aliphatic heterocycles. The lowest BCUT2D eigenvalue weighted by atomic mass is 9.75. The Morgan fingerprint density at radius 3 is 1.70 bits per heavy atom. The van der Waals surface area contributed by atoms with Crippen molar-refractivity contribution < 1.29 is 31.7 Å². The zero-order chi connectivity index (χ0) is 27.5. The van der Waals surface area contributed by atoms with Gasteiger partial charge in [0.2, 0.25) is 0 Å². The minimum Gasteiger partial charge on any atom is -0.462 e. The molecule has 0 aromatic heterocycles. The Labute approximate surface area is 224 Å². The van der Waals surface area contributed by atoms with Crippen LogP contribution in [0.1, 0.15) is 86.5 Å². The molecule has 3 rings (SSSR count). The second-order valence-electron chi connectivity index (χ2n) is 12.7. The molecule has 0 aromatic rings. The third-order valence-corrected chi connectivity index (χ3v) is 9.38. The molecule has 0 bridgehead atoms. The maximum atomic E-state index is 13.6. The lowest BCUT2D eigenvalue weighted by Crippen LogP contribution is -2.43. The van der Waals surface area contributed by atoms with Crippen LogP contribution in [0.15, 0.2) is 12.2 Å². The van der Waals surface area contributed by atoms with E-state index in [1.54, 1.807) is 12.2 Å². The largest absolute Gasteiger partial charge is 0.462 e. The number of carbonyl (C=O) groups is 2. The first-order valence-corrected chi connectivity index (χ1v) is 16.0. The summed E-state index contributed by atoms with van der Waals surface area (Å²) in [4.78, 5) is 27.1. The number of esters is 2. The van der Waals surface area contributed by atoms with E-state index in [1.165, 1.54) is 0 Å². The minimum absolute atomic E-state index is 0.0610. The summed E-state index contributed by atoms with van der Waals surface area (Å²) in [5, 5.41) is 0. The van der Waals surface area contributed by atoms with Gasteiger partial charge in [0.1, 0.15) is 12.2 Å². The summed E-state index contributed by atoms with van der Waals surface area (Å²) in [6.07, 6.45) is 8.86. The average Bonchev–Trinajstić information content (AvgIpc) is 2.77. The summed E-state index contributed by atoms with van der Waals surface area (Å²) in [5.41, 5.74) is 0. The molecule has 0 unspecified atom stereocenters. The van der Waals surface area contributed by atoms with Gasteiger partial charge < -0.3 is 9.47 Å². The number of rotatable bonds is 8. The first kappa shape index (κ1) is 30.1. The van der Waals surface area contributed by atoms with Gasteiger partial charge >= 0.3 is 11.9 Å². The van der Waals surface area contributed by atoms with Crippen LogP contribution in [0.25, 0.3) is 0 Å². The predicted octanol–water partition coefficient (Wildman–Crippen LogP) is 5.53. The van der Waals surface area contributed by atoms with Gasteiger partial charge in [-0.3, -0.25) is 13.8 Å². The van der Waals surface area contributed by atoms with Gasteiger partial charge in [0.25, 0.3) is 10.1 Å². The normalized spacial score (nSPS) is 36.9. The smallest absolute Gasteiger partial charge is 0.313 e. The predicted molar refractivity (Wildman–Crippen MR) is 143 cm³/mol. The van der Waals surface area contributed by atoms with Gasteiger partial charge in [-0.2, -0.15) is 8.42 Å². The van der Waals surface area contributed by atoms with Crippen LogP contribution >= 0.6 is 0 Å². The molecule has 212 valence electrons. The Bertz CT molecular complexity index is 925. The van der Waals surface area contributed by atoms with E-state index in [1.807, 2.05) is 0 Å². The highest BCUT2D eigenvalue weighted by atomic mass is 32.2. The zero-order valence-electron chi connectivity index (χ0n) is 23.7. The van der Waals surface area contributed by atoms with E-state index in [0.29, 0.717) is 23.7 Å². The fourth-order valence-electron chi connectivity index (χ4n) is 6.60. The van der Waals surface area contributed by atoms with Crippen molar-refractivity contribution in [2.45, 2.75) is 105 Å². The van der Waals surface area contributed by atoms with Crippen LogP contribution in [0.3, 0.4) is 0 Å². The van der Waals surface area contributed by atoms with E-state index >= 15 is 0 Å². The molecule has 0 heterocycles. The zero-order valence-corrected chi connectivity index (χ0v) is 24.5. The fraction of sp³-hybridized carbons (Fsp3) is 0.862. The molecule has 2 fully saturated rings. The Morgan fingerprint density at radius 1 is 0.757 bits per heavy atom. The Balaban J connectivity index is 1.81. The fourth-order valence-corrected chi connectivity index (χ4v) is 7.19. The summed E-state index contributed by atoms with van der Waals surface area (Å²) < 4.78 is 41.0. The van der Waals surface area contributed by atoms with Crippen molar-refractivity contribution in [3.8, 4) is 0 Å². The molecule has 0 saturated heterocycles. The molecule has 3 aliphatic carbocycles. The molecule has 7 nitrogen and oxygen atoms in total. The second kappa shape index (κ2) is 12.6. The molecule has 3 aliphatic rings. The molecule has 0 N–H and O–H groups in total. The average molecular weight is 541 g/mol. The third kappa shape index (κ3) is 8.29. The minimum atomic E-state index is -3.73. The number of ether oxygens (including phenoxy) is 2. The topological polar surface area (TPSA) is 96.0 Å². The van der Waals surface area contributed by atoms with Crippen LogP contribution in [0, 0.1) is 47.3 Å². The van der Waals surface area contributed by atoms with E-state index in [9.17, 15) is 18.0 Å². The van der Waals surface area contributed by atoms with Crippen LogP contribution < -0.4 is 0 Å². The standard InChI is InChI=1S/C29H48O7S/c1-17(2)22-11-8-19(5)14-26(22)34-28(30)24-13-10-21(36-37(7,32)33)16-25(24)29(31)35-27-15-20(6)9-12-23(27)18(3)4/h10,13,17-27H,8-9,11-12,14-16H2,1-7H3/t19-,20-,21+,22+,23+,24+,25+,26-,27-/m1/s1. The van der Waals surface area contributed by atoms with E-state index in [0.717, 1.165) is 44.8 Å². The van der Waals surface area contributed by atoms with Crippen molar-refractivity contribution in [2.24, 2.45) is 47.3 Å². The van der Waals surface area contributed by atoms with Crippen LogP contribution in [0.2, 0.25) is 0 Å². The molecule has 0 amide bonds. The van der Waals surface area contributed by atoms with Gasteiger partial charge in [-0.15, -0.1) is 0 Å². The maximum Gasteiger partial charge on any atom is 0.313 e. The van der Waals surface area contributed by atoms with Crippen LogP contribution in [0.4, 0.5) is 0 Å². The molecule has 0 radical (unpaired) electrons. The van der Waals surface area contributed by atoms with E-state index in [4.69, 9.17) is 13.7 Å². The van der Waals surface area contributed by atoms with Gasteiger partial charge in [0.15, 0.2) is 0 Å². The highest BCUT2D eigenvalue weighted by molar-refractivity contribution is 7.86. The summed E-state index contributed by atoms with van der Waals surface area (Å²) in [6, 6.07) is 0. The van der Waals surface area contributed by atoms with Crippen molar-refractivity contribution in [1.29, 1.82) is 0 Å². The molecular formula is C29H48O7S. The van der Waals surface area contributed by atoms with Crippen molar-refractivity contribution >= 4 is 22.1 Å². The van der Waals surface area contributed by atoms with Crippen LogP contribution in [0.5, 0.6) is 0 Å². The highest BCUT2D eigenvalue weighted by Gasteiger charge is 2.44. The number of carbonyl (C=O) groups excluding carboxylic acids is 2. The quantitative estimate of drug-likeness (QED) is 0.227. The second-order valence-corrected chi connectivity index (χ2v) is 14.3. The Hall–Kier alpha value is -1.41. The SMILES string of the molecule is CC(C)[C@@H]1CC[C@@H](C)C[C@H]1OC(=O)[C@H]1C=C[C@H](OS(C)(=O)=O)C[C@@H]1C(=O)O[C@@H]1C[C@H](C)CC[C@H]1C(C)C. The first-order valence-electron chi connectivity index (χ1n) is 14.2. The lowest BCUT2D eigenvalue weighted by molar-refractivity contribution is -0.173. The van der Waals surface area contributed by atoms with Gasteiger partial charge in [-0.25, -0.2) is 0 Å². The van der Waals surface area contributed by atoms with Gasteiger partial charge in [0.05, 0.1) is 24.2 Å². The van der Waals surface area contributed by atoms with Crippen LogP contribution in [-0.2, 0) is 33.4 Å². The summed E-state index contributed by atoms with van der Waals surface area (Å²) in [7, 11) is -3.73.